The lowest BCUT2D eigenvalue weighted by Gasteiger charge is -2.17. The van der Waals surface area contributed by atoms with Crippen molar-refractivity contribution in [3.63, 3.8) is 0 Å². The van der Waals surface area contributed by atoms with Gasteiger partial charge in [0.1, 0.15) is 0 Å². The maximum absolute atomic E-state index is 11.9. The fourth-order valence-corrected chi connectivity index (χ4v) is 2.64. The van der Waals surface area contributed by atoms with E-state index in [9.17, 15) is 9.90 Å². The van der Waals surface area contributed by atoms with Crippen LogP contribution in [0.5, 0.6) is 0 Å². The van der Waals surface area contributed by atoms with Gasteiger partial charge in [0.25, 0.3) is 5.91 Å². The van der Waals surface area contributed by atoms with E-state index in [1.54, 1.807) is 24.3 Å². The van der Waals surface area contributed by atoms with E-state index in [0.717, 1.165) is 19.3 Å². The van der Waals surface area contributed by atoms with Crippen LogP contribution in [0.1, 0.15) is 35.2 Å². The van der Waals surface area contributed by atoms with E-state index in [4.69, 9.17) is 5.26 Å². The average molecular weight is 258 g/mol. The fourth-order valence-electron chi connectivity index (χ4n) is 2.64. The van der Waals surface area contributed by atoms with Gasteiger partial charge in [-0.15, -0.1) is 0 Å². The summed E-state index contributed by atoms with van der Waals surface area (Å²) in [5, 5.41) is 20.8. The molecule has 1 aliphatic rings. The Morgan fingerprint density at radius 2 is 2.00 bits per heavy atom. The SMILES string of the molecule is N#Cc1ccc(C(=O)NCC2CCCC2CO)cc1. The van der Waals surface area contributed by atoms with Crippen molar-refractivity contribution in [3.8, 4) is 6.07 Å². The summed E-state index contributed by atoms with van der Waals surface area (Å²) in [4.78, 5) is 11.9. The third-order valence-electron chi connectivity index (χ3n) is 3.85. The number of amides is 1. The van der Waals surface area contributed by atoms with E-state index >= 15 is 0 Å². The first kappa shape index (κ1) is 13.6. The Kier molecular flexibility index (Phi) is 4.53. The second kappa shape index (κ2) is 6.35. The Bertz CT molecular complexity index is 476. The number of hydrogen-bond acceptors (Lipinski definition) is 3. The number of carbonyl (C=O) groups excluding carboxylic acids is 1. The van der Waals surface area contributed by atoms with Crippen LogP contribution in [0.25, 0.3) is 0 Å². The summed E-state index contributed by atoms with van der Waals surface area (Å²) >= 11 is 0. The van der Waals surface area contributed by atoms with E-state index in [-0.39, 0.29) is 12.5 Å². The van der Waals surface area contributed by atoms with Crippen LogP contribution < -0.4 is 5.32 Å². The van der Waals surface area contributed by atoms with Crippen LogP contribution in [0, 0.1) is 23.2 Å². The normalized spacial score (nSPS) is 21.9. The van der Waals surface area contributed by atoms with Gasteiger partial charge in [0.15, 0.2) is 0 Å². The standard InChI is InChI=1S/C15H18N2O2/c16-8-11-4-6-12(7-5-11)15(19)17-9-13-2-1-3-14(13)10-18/h4-7,13-14,18H,1-3,9-10H2,(H,17,19). The van der Waals surface area contributed by atoms with Gasteiger partial charge in [0.05, 0.1) is 11.6 Å². The number of nitrogens with zero attached hydrogens (tertiary/aromatic N) is 1. The van der Waals surface area contributed by atoms with Crippen molar-refractivity contribution in [1.82, 2.24) is 5.32 Å². The maximum Gasteiger partial charge on any atom is 0.251 e. The summed E-state index contributed by atoms with van der Waals surface area (Å²) in [6.45, 7) is 0.821. The molecule has 1 aromatic rings. The van der Waals surface area contributed by atoms with Crippen molar-refractivity contribution >= 4 is 5.91 Å². The van der Waals surface area contributed by atoms with Crippen molar-refractivity contribution < 1.29 is 9.90 Å². The molecule has 2 atom stereocenters. The number of aliphatic hydroxyl groups is 1. The Morgan fingerprint density at radius 1 is 1.32 bits per heavy atom. The number of nitriles is 1. The summed E-state index contributed by atoms with van der Waals surface area (Å²) in [5.41, 5.74) is 1.12. The number of carbonyl (C=O) groups is 1. The molecule has 1 fully saturated rings. The van der Waals surface area contributed by atoms with Gasteiger partial charge < -0.3 is 10.4 Å². The lowest BCUT2D eigenvalue weighted by Crippen LogP contribution is -2.31. The lowest BCUT2D eigenvalue weighted by molar-refractivity contribution is 0.0938. The molecule has 1 aliphatic carbocycles. The molecule has 4 nitrogen and oxygen atoms in total. The van der Waals surface area contributed by atoms with Crippen LogP contribution in [0.3, 0.4) is 0 Å². The predicted molar refractivity (Wildman–Crippen MR) is 71.4 cm³/mol. The predicted octanol–water partition coefficient (Wildman–Crippen LogP) is 1.70. The van der Waals surface area contributed by atoms with Crippen molar-refractivity contribution in [1.29, 1.82) is 5.26 Å². The minimum Gasteiger partial charge on any atom is -0.396 e. The highest BCUT2D eigenvalue weighted by Gasteiger charge is 2.26. The highest BCUT2D eigenvalue weighted by molar-refractivity contribution is 5.94. The largest absolute Gasteiger partial charge is 0.396 e. The number of benzene rings is 1. The molecule has 100 valence electrons. The third-order valence-corrected chi connectivity index (χ3v) is 3.85. The van der Waals surface area contributed by atoms with Gasteiger partial charge in [-0.3, -0.25) is 4.79 Å². The van der Waals surface area contributed by atoms with Gasteiger partial charge in [0.2, 0.25) is 0 Å². The molecule has 0 spiro atoms. The van der Waals surface area contributed by atoms with E-state index in [1.807, 2.05) is 6.07 Å². The smallest absolute Gasteiger partial charge is 0.251 e. The highest BCUT2D eigenvalue weighted by atomic mass is 16.3. The molecule has 1 amide bonds. The first-order chi connectivity index (χ1) is 9.24. The van der Waals surface area contributed by atoms with E-state index in [1.165, 1.54) is 0 Å². The van der Waals surface area contributed by atoms with Crippen molar-refractivity contribution in [2.45, 2.75) is 19.3 Å². The van der Waals surface area contributed by atoms with Crippen LogP contribution in [0.4, 0.5) is 0 Å². The van der Waals surface area contributed by atoms with Gasteiger partial charge in [-0.25, -0.2) is 0 Å². The minimum absolute atomic E-state index is 0.118. The minimum atomic E-state index is -0.118. The van der Waals surface area contributed by atoms with Crippen LogP contribution in [-0.2, 0) is 0 Å². The number of hydrogen-bond donors (Lipinski definition) is 2. The number of nitrogens with one attached hydrogen (secondary N) is 1. The highest BCUT2D eigenvalue weighted by Crippen LogP contribution is 2.30. The zero-order valence-electron chi connectivity index (χ0n) is 10.8. The molecule has 0 bridgehead atoms. The second-order valence-corrected chi connectivity index (χ2v) is 5.03. The average Bonchev–Trinajstić information content (AvgIpc) is 2.92. The second-order valence-electron chi connectivity index (χ2n) is 5.03. The molecular weight excluding hydrogens is 240 g/mol. The van der Waals surface area contributed by atoms with Crippen molar-refractivity contribution in [2.75, 3.05) is 13.2 Å². The molecule has 0 heterocycles. The molecule has 0 aromatic heterocycles. The van der Waals surface area contributed by atoms with Gasteiger partial charge in [-0.05, 0) is 48.9 Å². The molecule has 1 aromatic carbocycles. The van der Waals surface area contributed by atoms with Crippen LogP contribution in [-0.4, -0.2) is 24.2 Å². The summed E-state index contributed by atoms with van der Waals surface area (Å²) in [6, 6.07) is 8.62. The summed E-state index contributed by atoms with van der Waals surface area (Å²) < 4.78 is 0. The molecule has 0 saturated heterocycles. The van der Waals surface area contributed by atoms with Gasteiger partial charge >= 0.3 is 0 Å². The molecule has 2 unspecified atom stereocenters. The van der Waals surface area contributed by atoms with Gasteiger partial charge in [-0.2, -0.15) is 5.26 Å². The maximum atomic E-state index is 11.9. The number of rotatable bonds is 4. The summed E-state index contributed by atoms with van der Waals surface area (Å²) in [7, 11) is 0. The monoisotopic (exact) mass is 258 g/mol. The fraction of sp³-hybridized carbons (Fsp3) is 0.467. The zero-order valence-corrected chi connectivity index (χ0v) is 10.8. The molecular formula is C15H18N2O2. The Hall–Kier alpha value is -1.86. The topological polar surface area (TPSA) is 73.1 Å². The lowest BCUT2D eigenvalue weighted by atomic mass is 9.97. The quantitative estimate of drug-likeness (QED) is 0.863. The summed E-state index contributed by atoms with van der Waals surface area (Å²) in [5.74, 6) is 0.585. The van der Waals surface area contributed by atoms with E-state index < -0.39 is 0 Å². The summed E-state index contributed by atoms with van der Waals surface area (Å²) in [6.07, 6.45) is 3.25. The Labute approximate surface area is 113 Å². The molecule has 19 heavy (non-hydrogen) atoms. The Balaban J connectivity index is 1.88. The van der Waals surface area contributed by atoms with Crippen LogP contribution in [0.15, 0.2) is 24.3 Å². The molecule has 1 saturated carbocycles. The first-order valence-electron chi connectivity index (χ1n) is 6.64. The van der Waals surface area contributed by atoms with Crippen LogP contribution >= 0.6 is 0 Å². The van der Waals surface area contributed by atoms with Gasteiger partial charge in [-0.1, -0.05) is 6.42 Å². The molecule has 2 N–H and O–H groups in total. The number of aliphatic hydroxyl groups excluding tert-OH is 1. The molecule has 0 radical (unpaired) electrons. The van der Waals surface area contributed by atoms with Crippen LogP contribution in [0.2, 0.25) is 0 Å². The Morgan fingerprint density at radius 3 is 2.63 bits per heavy atom. The van der Waals surface area contributed by atoms with Gasteiger partial charge in [0, 0.05) is 18.7 Å². The molecule has 2 rings (SSSR count). The van der Waals surface area contributed by atoms with Crippen molar-refractivity contribution in [3.05, 3.63) is 35.4 Å². The van der Waals surface area contributed by atoms with Crippen molar-refractivity contribution in [2.24, 2.45) is 11.8 Å². The zero-order chi connectivity index (χ0) is 13.7. The van der Waals surface area contributed by atoms with E-state index in [0.29, 0.717) is 29.5 Å². The molecule has 4 heteroatoms. The first-order valence-corrected chi connectivity index (χ1v) is 6.64. The third kappa shape index (κ3) is 3.33. The molecule has 0 aliphatic heterocycles. The van der Waals surface area contributed by atoms with E-state index in [2.05, 4.69) is 5.32 Å².